The number of amidine groups is 1. The Hall–Kier alpha value is -3.12. The first-order valence-electron chi connectivity index (χ1n) is 10.6. The predicted molar refractivity (Wildman–Crippen MR) is 134 cm³/mol. The van der Waals surface area contributed by atoms with Gasteiger partial charge < -0.3 is 15.4 Å². The van der Waals surface area contributed by atoms with Crippen LogP contribution >= 0.6 is 22.4 Å². The smallest absolute Gasteiger partial charge is 0.267 e. The van der Waals surface area contributed by atoms with Crippen molar-refractivity contribution in [3.63, 3.8) is 0 Å². The molecule has 0 unspecified atom stereocenters. The van der Waals surface area contributed by atoms with Crippen LogP contribution in [0.5, 0.6) is 5.75 Å². The Morgan fingerprint density at radius 2 is 2.03 bits per heavy atom. The van der Waals surface area contributed by atoms with Crippen LogP contribution in [0.3, 0.4) is 0 Å². The number of nitrogens with zero attached hydrogens (tertiary/aromatic N) is 4. The lowest BCUT2D eigenvalue weighted by atomic mass is 10.1. The highest BCUT2D eigenvalue weighted by molar-refractivity contribution is 8.23. The second-order valence-corrected chi connectivity index (χ2v) is 10.4. The van der Waals surface area contributed by atoms with Gasteiger partial charge in [-0.3, -0.25) is 18.5 Å². The van der Waals surface area contributed by atoms with Gasteiger partial charge in [-0.1, -0.05) is 24.6 Å². The topological polar surface area (TPSA) is 149 Å². The van der Waals surface area contributed by atoms with Gasteiger partial charge in [0, 0.05) is 12.7 Å². The normalized spacial score (nSPS) is 15.9. The molecule has 12 heteroatoms. The van der Waals surface area contributed by atoms with E-state index in [1.165, 1.54) is 4.57 Å². The summed E-state index contributed by atoms with van der Waals surface area (Å²) in [5, 5.41) is 14.4. The fourth-order valence-electron chi connectivity index (χ4n) is 4.04. The minimum atomic E-state index is -3.76. The van der Waals surface area contributed by atoms with E-state index in [2.05, 4.69) is 24.7 Å². The van der Waals surface area contributed by atoms with Crippen molar-refractivity contribution >= 4 is 56.0 Å². The third-order valence-corrected chi connectivity index (χ3v) is 7.34. The number of imidazole rings is 1. The molecule has 0 aliphatic carbocycles. The molecule has 10 nitrogen and oxygen atoms in total. The average molecular weight is 503 g/mol. The van der Waals surface area contributed by atoms with Crippen molar-refractivity contribution in [2.45, 2.75) is 37.6 Å². The molecule has 178 valence electrons. The van der Waals surface area contributed by atoms with Crippen LogP contribution in [-0.2, 0) is 12.4 Å². The van der Waals surface area contributed by atoms with Crippen molar-refractivity contribution in [3.05, 3.63) is 52.2 Å². The zero-order chi connectivity index (χ0) is 24.2. The maximum absolute atomic E-state index is 13.5. The molecule has 0 fully saturated rings. The summed E-state index contributed by atoms with van der Waals surface area (Å²) in [6.07, 6.45) is 2.27. The first-order valence-corrected chi connectivity index (χ1v) is 12.7. The van der Waals surface area contributed by atoms with Gasteiger partial charge in [0.05, 0.1) is 22.5 Å². The standard InChI is InChI=1S/C22H23ClN6O4S/c1-11(2)7-9-29-21-12(4-3-8-24-21)18(30)16(22(29)31)20-26-14-6-5-13-17(27-15(10-23)25-13)19(14)34(32,33)28-20/h3-6,8,11,30,32-33H,7,9-10H2,1-2H3,(H,25,27)(H,26,28). The van der Waals surface area contributed by atoms with Crippen molar-refractivity contribution in [1.82, 2.24) is 19.5 Å². The number of aromatic hydroxyl groups is 1. The zero-order valence-corrected chi connectivity index (χ0v) is 20.0. The van der Waals surface area contributed by atoms with Gasteiger partial charge in [-0.05, 0) is 36.6 Å². The van der Waals surface area contributed by atoms with E-state index < -0.39 is 16.3 Å². The number of benzene rings is 1. The number of hydrogen-bond donors (Lipinski definition) is 5. The lowest BCUT2D eigenvalue weighted by molar-refractivity contribution is 0.473. The molecule has 1 aliphatic rings. The number of halogens is 1. The molecule has 3 aromatic heterocycles. The minimum Gasteiger partial charge on any atom is -0.506 e. The summed E-state index contributed by atoms with van der Waals surface area (Å²) in [5.41, 5.74) is 0.891. The van der Waals surface area contributed by atoms with Crippen LogP contribution in [0.2, 0.25) is 0 Å². The van der Waals surface area contributed by atoms with Gasteiger partial charge in [-0.25, -0.2) is 9.97 Å². The van der Waals surface area contributed by atoms with Gasteiger partial charge in [0.25, 0.3) is 5.56 Å². The molecular formula is C22H23ClN6O4S. The first-order chi connectivity index (χ1) is 16.2. The monoisotopic (exact) mass is 502 g/mol. The number of H-pyrrole nitrogens is 1. The van der Waals surface area contributed by atoms with Gasteiger partial charge in [0.1, 0.15) is 33.2 Å². The van der Waals surface area contributed by atoms with E-state index in [4.69, 9.17) is 11.6 Å². The van der Waals surface area contributed by atoms with Crippen LogP contribution in [0, 0.1) is 5.92 Å². The Morgan fingerprint density at radius 3 is 2.76 bits per heavy atom. The molecule has 0 atom stereocenters. The molecule has 0 amide bonds. The van der Waals surface area contributed by atoms with E-state index in [0.717, 1.165) is 0 Å². The van der Waals surface area contributed by atoms with Gasteiger partial charge in [-0.2, -0.15) is 0 Å². The molecule has 5 N–H and O–H groups in total. The quantitative estimate of drug-likeness (QED) is 0.249. The number of aryl methyl sites for hydroxylation is 1. The summed E-state index contributed by atoms with van der Waals surface area (Å²) in [6.45, 7) is 4.48. The Labute approximate surface area is 200 Å². The summed E-state index contributed by atoms with van der Waals surface area (Å²) < 4.78 is 27.6. The van der Waals surface area contributed by atoms with Gasteiger partial charge in [-0.15, -0.1) is 16.0 Å². The van der Waals surface area contributed by atoms with Crippen LogP contribution < -0.4 is 10.9 Å². The van der Waals surface area contributed by atoms with E-state index in [-0.39, 0.29) is 27.9 Å². The number of rotatable bonds is 5. The fourth-order valence-corrected chi connectivity index (χ4v) is 5.48. The van der Waals surface area contributed by atoms with Crippen molar-refractivity contribution in [1.29, 1.82) is 0 Å². The number of anilines is 1. The molecule has 4 heterocycles. The summed E-state index contributed by atoms with van der Waals surface area (Å²) in [6, 6.07) is 6.66. The molecule has 0 saturated carbocycles. The van der Waals surface area contributed by atoms with E-state index in [9.17, 15) is 19.0 Å². The molecule has 0 bridgehead atoms. The van der Waals surface area contributed by atoms with Gasteiger partial charge >= 0.3 is 0 Å². The fraction of sp³-hybridized carbons (Fsp3) is 0.273. The van der Waals surface area contributed by atoms with Crippen LogP contribution in [0.4, 0.5) is 5.69 Å². The second kappa shape index (κ2) is 8.27. The Kier molecular flexibility index (Phi) is 5.52. The van der Waals surface area contributed by atoms with Crippen molar-refractivity contribution in [2.75, 3.05) is 5.32 Å². The minimum absolute atomic E-state index is 0.100. The second-order valence-electron chi connectivity index (χ2n) is 8.48. The van der Waals surface area contributed by atoms with Crippen LogP contribution in [0.25, 0.3) is 22.1 Å². The number of aromatic amines is 1. The summed E-state index contributed by atoms with van der Waals surface area (Å²) in [4.78, 5) is 25.3. The number of nitrogens with one attached hydrogen (secondary N) is 2. The van der Waals surface area contributed by atoms with E-state index in [0.29, 0.717) is 52.5 Å². The number of pyridine rings is 2. The SMILES string of the molecule is CC(C)CCn1c(=O)c(C2=NS(O)(O)c3c(ccc4[nH]c(CCl)nc34)N2)c(O)c2cccnc21. The Bertz CT molecular complexity index is 1530. The van der Waals surface area contributed by atoms with E-state index in [1.54, 1.807) is 30.5 Å². The summed E-state index contributed by atoms with van der Waals surface area (Å²) >= 11 is 5.87. The first kappa shape index (κ1) is 22.7. The maximum Gasteiger partial charge on any atom is 0.267 e. The summed E-state index contributed by atoms with van der Waals surface area (Å²) in [7, 11) is -3.76. The molecule has 1 aliphatic heterocycles. The molecule has 5 rings (SSSR count). The zero-order valence-electron chi connectivity index (χ0n) is 18.4. The summed E-state index contributed by atoms with van der Waals surface area (Å²) in [5.74, 6) is 0.471. The lowest BCUT2D eigenvalue weighted by Gasteiger charge is -2.34. The molecule has 0 spiro atoms. The maximum atomic E-state index is 13.5. The third-order valence-electron chi connectivity index (χ3n) is 5.69. The van der Waals surface area contributed by atoms with Crippen LogP contribution in [0.1, 0.15) is 31.7 Å². The van der Waals surface area contributed by atoms with Gasteiger partial charge in [0.2, 0.25) is 0 Å². The lowest BCUT2D eigenvalue weighted by Crippen LogP contribution is -2.32. The highest BCUT2D eigenvalue weighted by atomic mass is 35.5. The Balaban J connectivity index is 1.72. The molecular weight excluding hydrogens is 480 g/mol. The van der Waals surface area contributed by atoms with E-state index in [1.807, 2.05) is 13.8 Å². The number of hydrogen-bond acceptors (Lipinski definition) is 8. The third kappa shape index (κ3) is 3.61. The Morgan fingerprint density at radius 1 is 1.24 bits per heavy atom. The van der Waals surface area contributed by atoms with Crippen LogP contribution in [0.15, 0.2) is 44.6 Å². The largest absolute Gasteiger partial charge is 0.506 e. The average Bonchev–Trinajstić information content (AvgIpc) is 3.21. The van der Waals surface area contributed by atoms with Gasteiger partial charge in [0.15, 0.2) is 5.84 Å². The molecule has 4 aromatic rings. The number of fused-ring (bicyclic) bond motifs is 4. The highest BCUT2D eigenvalue weighted by Crippen LogP contribution is 2.57. The molecule has 34 heavy (non-hydrogen) atoms. The predicted octanol–water partition coefficient (Wildman–Crippen LogP) is 4.66. The number of aromatic nitrogens is 4. The molecule has 0 saturated heterocycles. The molecule has 1 aromatic carbocycles. The van der Waals surface area contributed by atoms with Crippen LogP contribution in [-0.4, -0.2) is 39.6 Å². The highest BCUT2D eigenvalue weighted by Gasteiger charge is 2.33. The molecule has 0 radical (unpaired) electrons. The van der Waals surface area contributed by atoms with Crippen molar-refractivity contribution in [3.8, 4) is 5.75 Å². The van der Waals surface area contributed by atoms with E-state index >= 15 is 0 Å². The van der Waals surface area contributed by atoms with Crippen molar-refractivity contribution in [2.24, 2.45) is 10.3 Å². The number of alkyl halides is 1. The van der Waals surface area contributed by atoms with Crippen molar-refractivity contribution < 1.29 is 14.2 Å².